The van der Waals surface area contributed by atoms with Crippen molar-refractivity contribution >= 4 is 44.5 Å². The number of fused-ring (bicyclic) bond motifs is 2. The number of thiophene rings is 1. The molecule has 8 nitrogen and oxygen atoms in total. The number of nitrogens with one attached hydrogen (secondary N) is 2. The van der Waals surface area contributed by atoms with Crippen molar-refractivity contribution in [1.82, 2.24) is 25.1 Å². The highest BCUT2D eigenvalue weighted by atomic mass is 32.1. The van der Waals surface area contributed by atoms with Gasteiger partial charge in [-0.2, -0.15) is 18.3 Å². The molecule has 0 unspecified atom stereocenters. The lowest BCUT2D eigenvalue weighted by Crippen LogP contribution is -2.37. The minimum Gasteiger partial charge on any atom is -0.475 e. The summed E-state index contributed by atoms with van der Waals surface area (Å²) in [7, 11) is 1.92. The van der Waals surface area contributed by atoms with Gasteiger partial charge in [0.2, 0.25) is 0 Å². The molecule has 1 fully saturated rings. The van der Waals surface area contributed by atoms with Crippen LogP contribution in [-0.2, 0) is 11.8 Å². The van der Waals surface area contributed by atoms with Crippen LogP contribution in [0.1, 0.15) is 52.8 Å². The topological polar surface area (TPSA) is 113 Å². The van der Waals surface area contributed by atoms with Gasteiger partial charge in [-0.1, -0.05) is 18.6 Å². The molecular formula is C23H24F3N5O3S. The van der Waals surface area contributed by atoms with Gasteiger partial charge in [0, 0.05) is 24.4 Å². The van der Waals surface area contributed by atoms with E-state index in [0.717, 1.165) is 63.3 Å². The number of halogens is 3. The van der Waals surface area contributed by atoms with E-state index in [4.69, 9.17) is 14.9 Å². The molecular weight excluding hydrogens is 483 g/mol. The van der Waals surface area contributed by atoms with Crippen LogP contribution in [0.25, 0.3) is 21.3 Å². The van der Waals surface area contributed by atoms with Crippen molar-refractivity contribution in [2.45, 2.75) is 50.7 Å². The van der Waals surface area contributed by atoms with Crippen LogP contribution < -0.4 is 5.32 Å². The maximum atomic E-state index is 12.8. The third-order valence-electron chi connectivity index (χ3n) is 5.97. The number of amides is 1. The molecule has 35 heavy (non-hydrogen) atoms. The number of imidazole rings is 1. The number of carboxylic acid groups (broad SMARTS) is 1. The SMILES string of the molecule is Cc1nn(C)c2sc(C(=O)N[C@@H]3CCC[C@H](c4nc5ccccc5[nH]4)C3)cc12.O=C(O)C(F)(F)F. The van der Waals surface area contributed by atoms with Crippen LogP contribution >= 0.6 is 11.3 Å². The fraction of sp³-hybridized carbons (Fsp3) is 0.391. The lowest BCUT2D eigenvalue weighted by atomic mass is 9.85. The molecule has 1 aliphatic rings. The molecule has 1 saturated carbocycles. The number of aromatic nitrogens is 4. The zero-order valence-corrected chi connectivity index (χ0v) is 19.8. The first-order valence-electron chi connectivity index (χ1n) is 11.0. The molecule has 186 valence electrons. The number of aromatic amines is 1. The van der Waals surface area contributed by atoms with Gasteiger partial charge in [-0.3, -0.25) is 9.48 Å². The number of alkyl halides is 3. The van der Waals surface area contributed by atoms with Crippen LogP contribution in [-0.4, -0.2) is 48.9 Å². The normalized spacial score (nSPS) is 18.3. The van der Waals surface area contributed by atoms with Gasteiger partial charge in [0.1, 0.15) is 10.7 Å². The molecule has 0 saturated heterocycles. The molecule has 12 heteroatoms. The number of benzene rings is 1. The highest BCUT2D eigenvalue weighted by Gasteiger charge is 2.38. The third kappa shape index (κ3) is 5.47. The maximum Gasteiger partial charge on any atom is 0.490 e. The molecule has 3 heterocycles. The number of carbonyl (C=O) groups excluding carboxylic acids is 1. The Labute approximate surface area is 202 Å². The molecule has 2 atom stereocenters. The van der Waals surface area contributed by atoms with Crippen molar-refractivity contribution in [2.24, 2.45) is 7.05 Å². The van der Waals surface area contributed by atoms with E-state index < -0.39 is 12.1 Å². The van der Waals surface area contributed by atoms with E-state index in [0.29, 0.717) is 5.92 Å². The van der Waals surface area contributed by atoms with E-state index in [1.165, 1.54) is 11.3 Å². The smallest absolute Gasteiger partial charge is 0.475 e. The number of hydrogen-bond acceptors (Lipinski definition) is 5. The molecule has 5 rings (SSSR count). The summed E-state index contributed by atoms with van der Waals surface area (Å²) in [5.74, 6) is -1.33. The van der Waals surface area contributed by atoms with Gasteiger partial charge in [0.25, 0.3) is 5.91 Å². The summed E-state index contributed by atoms with van der Waals surface area (Å²) >= 11 is 1.51. The first kappa shape index (κ1) is 24.7. The van der Waals surface area contributed by atoms with Crippen LogP contribution in [0.15, 0.2) is 30.3 Å². The number of nitrogens with zero attached hydrogens (tertiary/aromatic N) is 3. The lowest BCUT2D eigenvalue weighted by molar-refractivity contribution is -0.192. The standard InChI is InChI=1S/C21H23N5OS.C2HF3O2/c1-12-15-11-18(28-21(15)26(2)25-12)20(27)22-14-7-5-6-13(10-14)19-23-16-8-3-4-9-17(16)24-19;3-2(4,5)1(6)7/h3-4,8-9,11,13-14H,5-7,10H2,1-2H3,(H,22,27)(H,23,24);(H,6,7)/t13-,14+;/m0./s1. The Kier molecular flexibility index (Phi) is 6.84. The Morgan fingerprint density at radius 2 is 1.97 bits per heavy atom. The van der Waals surface area contributed by atoms with Crippen molar-refractivity contribution in [3.8, 4) is 0 Å². The van der Waals surface area contributed by atoms with Crippen LogP contribution in [0.2, 0.25) is 0 Å². The number of para-hydroxylation sites is 2. The summed E-state index contributed by atoms with van der Waals surface area (Å²) in [6.07, 6.45) is -0.924. The van der Waals surface area contributed by atoms with E-state index in [9.17, 15) is 18.0 Å². The predicted molar refractivity (Wildman–Crippen MR) is 126 cm³/mol. The Balaban J connectivity index is 0.000000364. The molecule has 4 aromatic rings. The van der Waals surface area contributed by atoms with Gasteiger partial charge < -0.3 is 15.4 Å². The summed E-state index contributed by atoms with van der Waals surface area (Å²) < 4.78 is 33.6. The molecule has 0 radical (unpaired) electrons. The number of carbonyl (C=O) groups is 2. The van der Waals surface area contributed by atoms with E-state index in [-0.39, 0.29) is 11.9 Å². The van der Waals surface area contributed by atoms with Gasteiger partial charge in [-0.05, 0) is 44.4 Å². The fourth-order valence-corrected chi connectivity index (χ4v) is 5.34. The number of aryl methyl sites for hydroxylation is 2. The largest absolute Gasteiger partial charge is 0.490 e. The average molecular weight is 508 g/mol. The summed E-state index contributed by atoms with van der Waals surface area (Å²) in [6, 6.07) is 10.3. The van der Waals surface area contributed by atoms with Gasteiger partial charge in [0.05, 0.1) is 21.6 Å². The number of H-pyrrole nitrogens is 1. The highest BCUT2D eigenvalue weighted by molar-refractivity contribution is 7.20. The van der Waals surface area contributed by atoms with Crippen molar-refractivity contribution in [2.75, 3.05) is 0 Å². The van der Waals surface area contributed by atoms with Crippen molar-refractivity contribution < 1.29 is 27.9 Å². The minimum atomic E-state index is -5.08. The van der Waals surface area contributed by atoms with E-state index in [1.54, 1.807) is 0 Å². The van der Waals surface area contributed by atoms with Crippen molar-refractivity contribution in [3.63, 3.8) is 0 Å². The Morgan fingerprint density at radius 1 is 1.26 bits per heavy atom. The maximum absolute atomic E-state index is 12.8. The molecule has 0 aliphatic heterocycles. The van der Waals surface area contributed by atoms with Crippen molar-refractivity contribution in [1.29, 1.82) is 0 Å². The first-order valence-corrected chi connectivity index (χ1v) is 11.8. The predicted octanol–water partition coefficient (Wildman–Crippen LogP) is 4.91. The second-order valence-electron chi connectivity index (χ2n) is 8.51. The van der Waals surface area contributed by atoms with Gasteiger partial charge >= 0.3 is 12.1 Å². The average Bonchev–Trinajstić information content (AvgIpc) is 3.49. The lowest BCUT2D eigenvalue weighted by Gasteiger charge is -2.28. The summed E-state index contributed by atoms with van der Waals surface area (Å²) in [5, 5.41) is 15.9. The molecule has 3 aromatic heterocycles. The summed E-state index contributed by atoms with van der Waals surface area (Å²) in [5.41, 5.74) is 3.06. The second-order valence-corrected chi connectivity index (χ2v) is 9.55. The summed E-state index contributed by atoms with van der Waals surface area (Å²) in [4.78, 5) is 31.8. The van der Waals surface area contributed by atoms with Crippen LogP contribution in [0, 0.1) is 6.92 Å². The number of rotatable bonds is 3. The fourth-order valence-electron chi connectivity index (χ4n) is 4.31. The Hall–Kier alpha value is -3.41. The second kappa shape index (κ2) is 9.68. The zero-order valence-electron chi connectivity index (χ0n) is 19.0. The van der Waals surface area contributed by atoms with E-state index in [1.807, 2.05) is 42.9 Å². The molecule has 1 amide bonds. The minimum absolute atomic E-state index is 0.0239. The molecule has 0 bridgehead atoms. The van der Waals surface area contributed by atoms with Crippen molar-refractivity contribution in [3.05, 3.63) is 46.7 Å². The first-order chi connectivity index (χ1) is 16.5. The van der Waals surface area contributed by atoms with Crippen LogP contribution in [0.5, 0.6) is 0 Å². The third-order valence-corrected chi connectivity index (χ3v) is 7.17. The van der Waals surface area contributed by atoms with Gasteiger partial charge in [-0.15, -0.1) is 11.3 Å². The zero-order chi connectivity index (χ0) is 25.3. The van der Waals surface area contributed by atoms with Crippen LogP contribution in [0.4, 0.5) is 13.2 Å². The number of hydrogen-bond donors (Lipinski definition) is 3. The highest BCUT2D eigenvalue weighted by Crippen LogP contribution is 2.33. The van der Waals surface area contributed by atoms with Crippen LogP contribution in [0.3, 0.4) is 0 Å². The van der Waals surface area contributed by atoms with Gasteiger partial charge in [0.15, 0.2) is 0 Å². The molecule has 0 spiro atoms. The number of aliphatic carboxylic acids is 1. The Bertz CT molecular complexity index is 1310. The number of carboxylic acids is 1. The molecule has 1 aliphatic carbocycles. The van der Waals surface area contributed by atoms with E-state index in [2.05, 4.69) is 21.5 Å². The summed E-state index contributed by atoms with van der Waals surface area (Å²) in [6.45, 7) is 1.98. The molecule has 1 aromatic carbocycles. The van der Waals surface area contributed by atoms with Gasteiger partial charge in [-0.25, -0.2) is 9.78 Å². The quantitative estimate of drug-likeness (QED) is 0.365. The Morgan fingerprint density at radius 3 is 2.63 bits per heavy atom. The monoisotopic (exact) mass is 507 g/mol. The van der Waals surface area contributed by atoms with E-state index >= 15 is 0 Å². The molecule has 3 N–H and O–H groups in total.